The number of carbonyl (C=O) groups excluding carboxylic acids is 8. The summed E-state index contributed by atoms with van der Waals surface area (Å²) in [7, 11) is 7.85. The number of halogens is 3. The van der Waals surface area contributed by atoms with Gasteiger partial charge in [0.1, 0.15) is 45.0 Å². The number of fused-ring (bicyclic) bond motifs is 3. The van der Waals surface area contributed by atoms with Crippen LogP contribution in [-0.4, -0.2) is 138 Å². The van der Waals surface area contributed by atoms with Crippen molar-refractivity contribution in [1.29, 1.82) is 0 Å². The molecule has 13 rings (SSSR count). The quantitative estimate of drug-likeness (QED) is 0.0168. The summed E-state index contributed by atoms with van der Waals surface area (Å²) in [5.74, 6) is -5.69. The third kappa shape index (κ3) is 29.5. The van der Waals surface area contributed by atoms with Gasteiger partial charge in [0.25, 0.3) is 16.7 Å². The molecular weight excluding hydrogens is 1880 g/mol. The normalized spacial score (nSPS) is 13.0. The molecule has 10 aromatic rings. The third-order valence-corrected chi connectivity index (χ3v) is 22.3. The van der Waals surface area contributed by atoms with Gasteiger partial charge in [-0.15, -0.1) is 0 Å². The molecule has 3 aromatic carbocycles. The molecule has 3 aliphatic carbocycles. The number of alkyl halides is 1. The maximum Gasteiger partial charge on any atom is 0.352 e. The maximum atomic E-state index is 12.8. The first-order valence-electron chi connectivity index (χ1n) is 42.7. The summed E-state index contributed by atoms with van der Waals surface area (Å²) < 4.78 is 29.9. The number of esters is 4. The zero-order valence-electron chi connectivity index (χ0n) is 79.3. The molecule has 7 heterocycles. The second kappa shape index (κ2) is 52.9. The van der Waals surface area contributed by atoms with Crippen LogP contribution in [0.3, 0.4) is 0 Å². The van der Waals surface area contributed by atoms with Gasteiger partial charge in [0, 0.05) is 130 Å². The van der Waals surface area contributed by atoms with E-state index in [0.717, 1.165) is 60.7 Å². The van der Waals surface area contributed by atoms with Crippen molar-refractivity contribution >= 4 is 131 Å². The maximum absolute atomic E-state index is 12.8. The van der Waals surface area contributed by atoms with E-state index >= 15 is 0 Å². The zero-order chi connectivity index (χ0) is 103. The van der Waals surface area contributed by atoms with Gasteiger partial charge in [-0.2, -0.15) is 0 Å². The standard InChI is InChI=1S/C20H22N2O3.C18H18N2O3.C13H15NO3.C12H14N2O6.C9H13NO.C8H9Br.C6H5ClN2O3.C6H4ClNO3.C6H10O3/c1-5-25-20(24)17-14(3)22(13(2)15-9-7-6-8-10-15)18-16(17)11-12-21(4)19(18)23;1-11(13-7-5-4-6-8-13)20-12(2)15(18(22)23)14-9-10-19(3)17(21)16(14)20;1-4-17-13(16)11-8(2)7-10-9(11)5-6-14(3)12(10)15;1-4-20-12(17)9(7(2)15)8-5-6-13(3)11(16)10(8)14(18)19;1-6-3-7(2)8(5-10)9(11)4-6;1-7(9)8-5-3-2-4-6-8;1-8-3-2-4(7)5(6(8)10)9(11)12;7-4-2-1-3-5(9)6(4)8(10)11;1-3-9-6(8)4-5(2)7/h6-13H,5H2,1-4H3;4-11H,1-3H3,(H,22,23);5-6H,4,7H2,1-3H3;5-6,9H,4H2,1-3H3;3H,4-5,10H2,1-2H3;2-7H,1H3;2-3H,1H3;1-2H,3H2;3-4H2,1-2H3. The van der Waals surface area contributed by atoms with Crippen LogP contribution in [0.1, 0.15) is 191 Å². The lowest BCUT2D eigenvalue weighted by Crippen LogP contribution is -2.28. The fourth-order valence-corrected chi connectivity index (χ4v) is 15.3. The summed E-state index contributed by atoms with van der Waals surface area (Å²) in [5, 5.41) is 42.0. The first kappa shape index (κ1) is 113. The highest BCUT2D eigenvalue weighted by atomic mass is 79.9. The Balaban J connectivity index is 0.000000278. The van der Waals surface area contributed by atoms with Crippen molar-refractivity contribution in [3.8, 4) is 0 Å². The number of Topliss-reactive ketones (excluding diaryl/α,β-unsaturated/α-hetero) is 4. The number of carboxylic acids is 1. The van der Waals surface area contributed by atoms with Crippen molar-refractivity contribution in [3.63, 3.8) is 0 Å². The Morgan fingerprint density at radius 1 is 0.526 bits per heavy atom. The van der Waals surface area contributed by atoms with Gasteiger partial charge in [0.2, 0.25) is 5.78 Å². The number of aromatic carboxylic acids is 1. The van der Waals surface area contributed by atoms with Crippen LogP contribution >= 0.6 is 39.1 Å². The summed E-state index contributed by atoms with van der Waals surface area (Å²) in [5.41, 5.74) is 13.6. The molecule has 3 aliphatic rings. The molecule has 3 N–H and O–H groups in total. The topological polar surface area (TPSA) is 486 Å². The Morgan fingerprint density at radius 3 is 1.36 bits per heavy atom. The second-order valence-corrected chi connectivity index (χ2v) is 33.1. The number of aryl methyl sites for hydroxylation is 5. The van der Waals surface area contributed by atoms with Crippen LogP contribution in [0.15, 0.2) is 228 Å². The highest BCUT2D eigenvalue weighted by molar-refractivity contribution is 9.09. The average Bonchev–Trinajstić information content (AvgIpc) is 1.59. The number of rotatable bonds is 21. The van der Waals surface area contributed by atoms with E-state index in [2.05, 4.69) is 39.7 Å². The number of hydrogen-bond acceptors (Lipinski definition) is 25. The van der Waals surface area contributed by atoms with Crippen LogP contribution in [-0.2, 0) is 94.2 Å². The second-order valence-electron chi connectivity index (χ2n) is 30.9. The lowest BCUT2D eigenvalue weighted by Gasteiger charge is -2.18. The SMILES string of the molecule is CC(Br)c1ccccc1.CC1=CC(C)=C(CN)C(=O)C1.CCOC(=O)C(C(C)=O)c1ccn(C)c(=O)c1[N+](=O)[O-].CCOC(=O)C1=C(C)Cc2c1ccn(C)c2=O.CCOC(=O)CC(C)=O.CCOC(=O)c1c(C)n(C(C)c2ccccc2)c2c(=O)n(C)ccc12.Cc1c(C(=O)O)c2ccn(C)c(=O)c2n1C(C)c1ccccc1.Cn1ccc(Cl)c([N+](=O)[O-])c1=O.O=C1CC=CC(Cl)=C1[N+](=O)[O-]. The number of allylic oxidation sites excluding steroid dienone is 8. The largest absolute Gasteiger partial charge is 0.478 e. The predicted molar refractivity (Wildman–Crippen MR) is 523 cm³/mol. The Bertz CT molecular complexity index is 6710. The molecule has 7 aromatic heterocycles. The molecular formula is C98H110BrCl2N11O25. The van der Waals surface area contributed by atoms with Crippen molar-refractivity contribution in [3.05, 3.63) is 347 Å². The van der Waals surface area contributed by atoms with E-state index in [1.54, 1.807) is 86.5 Å². The van der Waals surface area contributed by atoms with Crippen molar-refractivity contribution in [2.45, 2.75) is 145 Å². The molecule has 728 valence electrons. The molecule has 0 bridgehead atoms. The number of pyridine rings is 5. The fourth-order valence-electron chi connectivity index (χ4n) is 14.5. The molecule has 0 aliphatic heterocycles. The number of ether oxygens (including phenoxy) is 4. The Labute approximate surface area is 806 Å². The minimum absolute atomic E-state index is 0.0290. The van der Waals surface area contributed by atoms with E-state index < -0.39 is 84.3 Å². The van der Waals surface area contributed by atoms with Crippen LogP contribution < -0.4 is 33.5 Å². The fraction of sp³-hybridized carbons (Fsp3) is 0.327. The lowest BCUT2D eigenvalue weighted by atomic mass is 9.93. The van der Waals surface area contributed by atoms with Crippen LogP contribution in [0.4, 0.5) is 11.4 Å². The van der Waals surface area contributed by atoms with E-state index in [1.165, 1.54) is 77.0 Å². The molecule has 36 nitrogen and oxygen atoms in total. The Morgan fingerprint density at radius 2 is 0.956 bits per heavy atom. The van der Waals surface area contributed by atoms with Gasteiger partial charge in [0.05, 0.1) is 75.5 Å². The van der Waals surface area contributed by atoms with Crippen molar-refractivity contribution in [1.82, 2.24) is 32.0 Å². The van der Waals surface area contributed by atoms with Crippen LogP contribution in [0.2, 0.25) is 5.02 Å². The number of carboxylic acid groups (broad SMARTS) is 1. The minimum atomic E-state index is -1.47. The zero-order valence-corrected chi connectivity index (χ0v) is 82.4. The highest BCUT2D eigenvalue weighted by Crippen LogP contribution is 2.35. The molecule has 0 saturated heterocycles. The number of nitrogens with zero attached hydrogens (tertiary/aromatic N) is 10. The van der Waals surface area contributed by atoms with Gasteiger partial charge in [-0.25, -0.2) is 14.4 Å². The average molecular weight is 1990 g/mol. The van der Waals surface area contributed by atoms with E-state index in [1.807, 2.05) is 142 Å². The molecule has 0 spiro atoms. The van der Waals surface area contributed by atoms with Gasteiger partial charge in [-0.1, -0.05) is 153 Å². The molecule has 0 amide bonds. The van der Waals surface area contributed by atoms with Gasteiger partial charge in [0.15, 0.2) is 5.78 Å². The van der Waals surface area contributed by atoms with Crippen LogP contribution in [0.5, 0.6) is 0 Å². The molecule has 0 fully saturated rings. The van der Waals surface area contributed by atoms with Crippen molar-refractivity contribution in [2.75, 3.05) is 33.0 Å². The van der Waals surface area contributed by atoms with E-state index in [4.69, 9.17) is 43.1 Å². The summed E-state index contributed by atoms with van der Waals surface area (Å²) >= 11 is 14.3. The first-order chi connectivity index (χ1) is 64.5. The molecule has 0 saturated carbocycles. The molecule has 4 unspecified atom stereocenters. The first-order valence-corrected chi connectivity index (χ1v) is 44.4. The highest BCUT2D eigenvalue weighted by Gasteiger charge is 2.37. The van der Waals surface area contributed by atoms with E-state index in [0.29, 0.717) is 88.2 Å². The summed E-state index contributed by atoms with van der Waals surface area (Å²) in [4.78, 5) is 192. The van der Waals surface area contributed by atoms with Gasteiger partial charge in [-0.3, -0.25) is 83.1 Å². The van der Waals surface area contributed by atoms with Crippen molar-refractivity contribution in [2.24, 2.45) is 41.0 Å². The third-order valence-electron chi connectivity index (χ3n) is 21.2. The van der Waals surface area contributed by atoms with Crippen molar-refractivity contribution < 1.29 is 82.0 Å². The minimum Gasteiger partial charge on any atom is -0.478 e. The summed E-state index contributed by atoms with van der Waals surface area (Å²) in [6, 6.07) is 37.6. The summed E-state index contributed by atoms with van der Waals surface area (Å²) in [6.07, 6.45) is 13.5. The Kier molecular flexibility index (Phi) is 43.6. The molecule has 4 atom stereocenters. The molecule has 0 radical (unpaired) electrons. The van der Waals surface area contributed by atoms with Gasteiger partial charge in [-0.05, 0) is 161 Å². The number of benzene rings is 3. The lowest BCUT2D eigenvalue weighted by molar-refractivity contribution is -0.419. The van der Waals surface area contributed by atoms with Gasteiger partial charge < -0.3 is 61.8 Å². The number of hydrogen-bond donors (Lipinski definition) is 2. The Hall–Kier alpha value is -14.6. The van der Waals surface area contributed by atoms with Crippen LogP contribution in [0.25, 0.3) is 27.4 Å². The summed E-state index contributed by atoms with van der Waals surface area (Å²) in [6.45, 7) is 26.2. The molecule has 39 heteroatoms. The number of nitro groups is 3. The van der Waals surface area contributed by atoms with Gasteiger partial charge >= 0.3 is 58.0 Å². The number of nitrogens with two attached hydrogens (primary N) is 1. The van der Waals surface area contributed by atoms with E-state index in [-0.39, 0.29) is 86.9 Å². The smallest absolute Gasteiger partial charge is 0.352 e. The number of carbonyl (C=O) groups is 9. The van der Waals surface area contributed by atoms with Crippen LogP contribution in [0, 0.1) is 44.2 Å². The molecule has 137 heavy (non-hydrogen) atoms. The van der Waals surface area contributed by atoms with E-state index in [9.17, 15) is 103 Å². The predicted octanol–water partition coefficient (Wildman–Crippen LogP) is 15.2. The number of aromatic nitrogens is 7. The number of ketones is 4. The monoisotopic (exact) mass is 1990 g/mol.